The molecule has 7 heteroatoms. The lowest BCUT2D eigenvalue weighted by Gasteiger charge is -2.13. The fraction of sp³-hybridized carbons (Fsp3) is 0.364. The fourth-order valence-corrected chi connectivity index (χ4v) is 3.20. The number of ether oxygens (including phenoxy) is 1. The second-order valence-electron chi connectivity index (χ2n) is 6.77. The summed E-state index contributed by atoms with van der Waals surface area (Å²) >= 11 is 0. The van der Waals surface area contributed by atoms with E-state index in [0.717, 1.165) is 25.8 Å². The summed E-state index contributed by atoms with van der Waals surface area (Å²) in [7, 11) is 0. The average molecular weight is 394 g/mol. The highest BCUT2D eigenvalue weighted by molar-refractivity contribution is 6.07. The Balaban J connectivity index is 1.62. The monoisotopic (exact) mass is 394 g/mol. The largest absolute Gasteiger partial charge is 0.462 e. The number of benzene rings is 1. The molecule has 1 aliphatic carbocycles. The zero-order valence-electron chi connectivity index (χ0n) is 16.6. The molecule has 1 aromatic heterocycles. The number of rotatable bonds is 8. The first-order chi connectivity index (χ1) is 14.2. The van der Waals surface area contributed by atoms with Crippen molar-refractivity contribution in [3.05, 3.63) is 59.4 Å². The molecule has 0 aliphatic heterocycles. The van der Waals surface area contributed by atoms with E-state index in [1.165, 1.54) is 24.5 Å². The quantitative estimate of drug-likeness (QED) is 0.515. The third-order valence-corrected chi connectivity index (χ3v) is 4.67. The Morgan fingerprint density at radius 2 is 2.03 bits per heavy atom. The van der Waals surface area contributed by atoms with E-state index in [2.05, 4.69) is 26.7 Å². The van der Waals surface area contributed by atoms with Crippen LogP contribution in [-0.4, -0.2) is 35.0 Å². The third-order valence-electron chi connectivity index (χ3n) is 4.67. The summed E-state index contributed by atoms with van der Waals surface area (Å²) in [4.78, 5) is 33.2. The van der Waals surface area contributed by atoms with Crippen LogP contribution in [0.5, 0.6) is 0 Å². The molecule has 29 heavy (non-hydrogen) atoms. The van der Waals surface area contributed by atoms with Gasteiger partial charge >= 0.3 is 5.97 Å². The highest BCUT2D eigenvalue weighted by Crippen LogP contribution is 2.20. The van der Waals surface area contributed by atoms with Crippen LogP contribution in [0, 0.1) is 0 Å². The normalized spacial score (nSPS) is 13.3. The summed E-state index contributed by atoms with van der Waals surface area (Å²) in [6.07, 6.45) is 9.66. The predicted octanol–water partition coefficient (Wildman–Crippen LogP) is 4.21. The smallest absolute Gasteiger partial charge is 0.340 e. The molecule has 1 aliphatic rings. The zero-order chi connectivity index (χ0) is 20.5. The number of amides is 1. The number of aromatic nitrogens is 2. The molecule has 0 fully saturated rings. The summed E-state index contributed by atoms with van der Waals surface area (Å²) in [6.45, 7) is 2.72. The third kappa shape index (κ3) is 5.88. The average Bonchev–Trinajstić information content (AvgIpc) is 2.75. The van der Waals surface area contributed by atoms with Gasteiger partial charge in [-0.15, -0.1) is 0 Å². The molecule has 7 nitrogen and oxygen atoms in total. The molecular formula is C22H26N4O3. The van der Waals surface area contributed by atoms with Crippen molar-refractivity contribution in [3.8, 4) is 0 Å². The Hall–Kier alpha value is -3.22. The van der Waals surface area contributed by atoms with Gasteiger partial charge in [-0.05, 0) is 57.2 Å². The Morgan fingerprint density at radius 1 is 1.17 bits per heavy atom. The van der Waals surface area contributed by atoms with Crippen LogP contribution in [0.15, 0.2) is 48.2 Å². The van der Waals surface area contributed by atoms with Crippen molar-refractivity contribution in [1.82, 2.24) is 9.97 Å². The lowest BCUT2D eigenvalue weighted by atomic mass is 9.97. The minimum Gasteiger partial charge on any atom is -0.462 e. The van der Waals surface area contributed by atoms with Crippen LogP contribution >= 0.6 is 0 Å². The molecule has 0 saturated carbocycles. The number of hydrogen-bond acceptors (Lipinski definition) is 6. The first kappa shape index (κ1) is 20.5. The van der Waals surface area contributed by atoms with Crippen LogP contribution in [0.1, 0.15) is 59.9 Å². The van der Waals surface area contributed by atoms with Crippen molar-refractivity contribution in [1.29, 1.82) is 0 Å². The van der Waals surface area contributed by atoms with E-state index in [0.29, 0.717) is 17.2 Å². The molecule has 2 aromatic rings. The van der Waals surface area contributed by atoms with Crippen LogP contribution in [0.2, 0.25) is 0 Å². The van der Waals surface area contributed by atoms with Crippen LogP contribution in [0.3, 0.4) is 0 Å². The molecule has 152 valence electrons. The van der Waals surface area contributed by atoms with Crippen molar-refractivity contribution in [2.24, 2.45) is 0 Å². The summed E-state index contributed by atoms with van der Waals surface area (Å²) in [5, 5.41) is 5.91. The zero-order valence-corrected chi connectivity index (χ0v) is 16.6. The molecule has 3 rings (SSSR count). The number of carbonyl (C=O) groups excluding carboxylic acids is 2. The van der Waals surface area contributed by atoms with E-state index < -0.39 is 11.9 Å². The van der Waals surface area contributed by atoms with E-state index in [1.54, 1.807) is 37.4 Å². The lowest BCUT2D eigenvalue weighted by molar-refractivity contribution is 0.0527. The van der Waals surface area contributed by atoms with Gasteiger partial charge in [0.1, 0.15) is 5.69 Å². The number of nitrogens with zero attached hydrogens (tertiary/aromatic N) is 2. The van der Waals surface area contributed by atoms with Gasteiger partial charge in [-0.3, -0.25) is 4.79 Å². The standard InChI is InChI=1S/C22H26N4O3/c1-2-29-21(28)17-10-6-7-11-18(17)25-20(27)19-13-15-24-22(26-19)23-14-12-16-8-4-3-5-9-16/h6-8,10-11,13,15H,2-5,9,12,14H2,1H3,(H,25,27)(H,23,24,26). The minimum absolute atomic E-state index is 0.220. The first-order valence-electron chi connectivity index (χ1n) is 9.99. The minimum atomic E-state index is -0.481. The number of esters is 1. The van der Waals surface area contributed by atoms with Gasteiger partial charge in [0.2, 0.25) is 5.95 Å². The van der Waals surface area contributed by atoms with Gasteiger partial charge in [-0.2, -0.15) is 0 Å². The molecule has 0 radical (unpaired) electrons. The summed E-state index contributed by atoms with van der Waals surface area (Å²) < 4.78 is 5.04. The van der Waals surface area contributed by atoms with Gasteiger partial charge in [-0.25, -0.2) is 14.8 Å². The van der Waals surface area contributed by atoms with Crippen molar-refractivity contribution in [2.45, 2.75) is 39.0 Å². The summed E-state index contributed by atoms with van der Waals surface area (Å²) in [6, 6.07) is 8.27. The molecule has 1 heterocycles. The van der Waals surface area contributed by atoms with E-state index in [1.807, 2.05) is 0 Å². The van der Waals surface area contributed by atoms with E-state index in [4.69, 9.17) is 4.74 Å². The molecule has 0 spiro atoms. The van der Waals surface area contributed by atoms with Crippen molar-refractivity contribution in [2.75, 3.05) is 23.8 Å². The number of nitrogens with one attached hydrogen (secondary N) is 2. The number of hydrogen-bond donors (Lipinski definition) is 2. The molecule has 0 atom stereocenters. The Kier molecular flexibility index (Phi) is 7.33. The number of carbonyl (C=O) groups is 2. The van der Waals surface area contributed by atoms with Crippen molar-refractivity contribution < 1.29 is 14.3 Å². The Labute approximate surface area is 170 Å². The maximum Gasteiger partial charge on any atom is 0.340 e. The maximum atomic E-state index is 12.6. The Bertz CT molecular complexity index is 895. The fourth-order valence-electron chi connectivity index (χ4n) is 3.20. The van der Waals surface area contributed by atoms with Crippen LogP contribution in [0.25, 0.3) is 0 Å². The van der Waals surface area contributed by atoms with Crippen LogP contribution in [-0.2, 0) is 4.74 Å². The molecule has 0 saturated heterocycles. The molecule has 1 aromatic carbocycles. The SMILES string of the molecule is CCOC(=O)c1ccccc1NC(=O)c1ccnc(NCCC2=CCCCC2)n1. The van der Waals surface area contributed by atoms with Crippen molar-refractivity contribution in [3.63, 3.8) is 0 Å². The molecule has 2 N–H and O–H groups in total. The van der Waals surface area contributed by atoms with Crippen LogP contribution < -0.4 is 10.6 Å². The highest BCUT2D eigenvalue weighted by atomic mass is 16.5. The predicted molar refractivity (Wildman–Crippen MR) is 112 cm³/mol. The van der Waals surface area contributed by atoms with Gasteiger partial charge in [0.25, 0.3) is 5.91 Å². The summed E-state index contributed by atoms with van der Waals surface area (Å²) in [5.74, 6) is -0.486. The highest BCUT2D eigenvalue weighted by Gasteiger charge is 2.16. The molecule has 0 unspecified atom stereocenters. The molecular weight excluding hydrogens is 368 g/mol. The van der Waals surface area contributed by atoms with Crippen molar-refractivity contribution >= 4 is 23.5 Å². The van der Waals surface area contributed by atoms with E-state index in [9.17, 15) is 9.59 Å². The maximum absolute atomic E-state index is 12.6. The van der Waals surface area contributed by atoms with Crippen LogP contribution in [0.4, 0.5) is 11.6 Å². The number of anilines is 2. The summed E-state index contributed by atoms with van der Waals surface area (Å²) in [5.41, 5.74) is 2.37. The van der Waals surface area contributed by atoms with Gasteiger partial charge in [-0.1, -0.05) is 23.8 Å². The van der Waals surface area contributed by atoms with Gasteiger partial charge in [0.05, 0.1) is 17.9 Å². The lowest BCUT2D eigenvalue weighted by Crippen LogP contribution is -2.18. The number of allylic oxidation sites excluding steroid dienone is 1. The van der Waals surface area contributed by atoms with Gasteiger partial charge < -0.3 is 15.4 Å². The van der Waals surface area contributed by atoms with Gasteiger partial charge in [0.15, 0.2) is 0 Å². The number of para-hydroxylation sites is 1. The van der Waals surface area contributed by atoms with E-state index >= 15 is 0 Å². The Morgan fingerprint density at radius 3 is 2.83 bits per heavy atom. The molecule has 0 bridgehead atoms. The second-order valence-corrected chi connectivity index (χ2v) is 6.77. The first-order valence-corrected chi connectivity index (χ1v) is 9.99. The second kappa shape index (κ2) is 10.4. The van der Waals surface area contributed by atoms with E-state index in [-0.39, 0.29) is 12.3 Å². The van der Waals surface area contributed by atoms with Gasteiger partial charge in [0, 0.05) is 12.7 Å². The molecule has 1 amide bonds. The topological polar surface area (TPSA) is 93.2 Å².